The summed E-state index contributed by atoms with van der Waals surface area (Å²) in [6, 6.07) is 11.5. The van der Waals surface area contributed by atoms with Crippen LogP contribution in [0.3, 0.4) is 0 Å². The van der Waals surface area contributed by atoms with Crippen molar-refractivity contribution in [2.75, 3.05) is 5.32 Å². The number of nitro benzene ring substituents is 1. The summed E-state index contributed by atoms with van der Waals surface area (Å²) in [7, 11) is 0. The van der Waals surface area contributed by atoms with Crippen LogP contribution in [0.4, 0.5) is 11.4 Å². The number of nitrogens with one attached hydrogen (secondary N) is 1. The van der Waals surface area contributed by atoms with E-state index in [-0.39, 0.29) is 18.0 Å². The molecule has 0 atom stereocenters. The van der Waals surface area contributed by atoms with Crippen LogP contribution in [-0.2, 0) is 11.2 Å². The molecule has 0 aliphatic heterocycles. The molecule has 3 rings (SSSR count). The number of hydrogen-bond acceptors (Lipinski definition) is 6. The number of rotatable bonds is 5. The van der Waals surface area contributed by atoms with Crippen LogP contribution in [-0.4, -0.2) is 21.0 Å². The Hall–Kier alpha value is -3.55. The minimum atomic E-state index is -0.496. The molecule has 0 saturated heterocycles. The maximum absolute atomic E-state index is 12.3. The van der Waals surface area contributed by atoms with E-state index in [1.807, 2.05) is 13.0 Å². The molecule has 1 N–H and O–H groups in total. The summed E-state index contributed by atoms with van der Waals surface area (Å²) in [5.41, 5.74) is 2.38. The monoisotopic (exact) mass is 338 g/mol. The van der Waals surface area contributed by atoms with Crippen LogP contribution in [0.25, 0.3) is 11.5 Å². The van der Waals surface area contributed by atoms with Crippen molar-refractivity contribution >= 4 is 17.3 Å². The molecule has 2 aromatic carbocycles. The van der Waals surface area contributed by atoms with Gasteiger partial charge in [0.1, 0.15) is 0 Å². The summed E-state index contributed by atoms with van der Waals surface area (Å²) >= 11 is 0. The third-order valence-corrected chi connectivity index (χ3v) is 3.66. The van der Waals surface area contributed by atoms with Gasteiger partial charge in [0.15, 0.2) is 0 Å². The highest BCUT2D eigenvalue weighted by atomic mass is 16.6. The molecule has 8 heteroatoms. The van der Waals surface area contributed by atoms with E-state index in [9.17, 15) is 14.9 Å². The van der Waals surface area contributed by atoms with Crippen LogP contribution in [0, 0.1) is 17.0 Å². The number of para-hydroxylation sites is 1. The van der Waals surface area contributed by atoms with E-state index < -0.39 is 4.92 Å². The van der Waals surface area contributed by atoms with Crippen molar-refractivity contribution in [2.45, 2.75) is 13.3 Å². The second kappa shape index (κ2) is 6.91. The summed E-state index contributed by atoms with van der Waals surface area (Å²) < 4.78 is 5.15. The third kappa shape index (κ3) is 3.69. The van der Waals surface area contributed by atoms with E-state index in [0.717, 1.165) is 5.56 Å². The minimum Gasteiger partial charge on any atom is -0.423 e. The Morgan fingerprint density at radius 1 is 1.28 bits per heavy atom. The predicted octanol–water partition coefficient (Wildman–Crippen LogP) is 3.13. The largest absolute Gasteiger partial charge is 0.423 e. The fraction of sp³-hybridized carbons (Fsp3) is 0.118. The molecule has 25 heavy (non-hydrogen) atoms. The lowest BCUT2D eigenvalue weighted by Gasteiger charge is -2.10. The zero-order chi connectivity index (χ0) is 17.8. The maximum atomic E-state index is 12.3. The molecular formula is C17H14N4O4. The summed E-state index contributed by atoms with van der Waals surface area (Å²) in [5, 5.41) is 21.3. The van der Waals surface area contributed by atoms with Crippen LogP contribution in [0.2, 0.25) is 0 Å². The van der Waals surface area contributed by atoms with Gasteiger partial charge < -0.3 is 9.73 Å². The highest BCUT2D eigenvalue weighted by Crippen LogP contribution is 2.24. The normalized spacial score (nSPS) is 10.4. The van der Waals surface area contributed by atoms with Gasteiger partial charge in [0.2, 0.25) is 18.2 Å². The van der Waals surface area contributed by atoms with Crippen LogP contribution in [0.15, 0.2) is 53.3 Å². The van der Waals surface area contributed by atoms with Crippen molar-refractivity contribution in [3.63, 3.8) is 0 Å². The highest BCUT2D eigenvalue weighted by molar-refractivity contribution is 5.94. The molecule has 0 aliphatic carbocycles. The average molecular weight is 338 g/mol. The number of benzene rings is 2. The van der Waals surface area contributed by atoms with E-state index in [4.69, 9.17) is 4.42 Å². The van der Waals surface area contributed by atoms with E-state index in [2.05, 4.69) is 15.5 Å². The summed E-state index contributed by atoms with van der Waals surface area (Å²) in [6.45, 7) is 1.85. The van der Waals surface area contributed by atoms with Gasteiger partial charge >= 0.3 is 0 Å². The molecule has 0 spiro atoms. The standard InChI is InChI=1S/C17H14N4O4/c1-11-6-7-13(17-20-18-10-25-17)8-14(11)19-16(22)9-12-4-2-3-5-15(12)21(23)24/h2-8,10H,9H2,1H3,(H,19,22). The number of aryl methyl sites for hydroxylation is 1. The van der Waals surface area contributed by atoms with Crippen LogP contribution in [0.5, 0.6) is 0 Å². The number of carbonyl (C=O) groups is 1. The number of aromatic nitrogens is 2. The second-order valence-corrected chi connectivity index (χ2v) is 5.38. The van der Waals surface area contributed by atoms with Crippen LogP contribution in [0.1, 0.15) is 11.1 Å². The molecule has 1 heterocycles. The van der Waals surface area contributed by atoms with Gasteiger partial charge in [0.05, 0.1) is 11.3 Å². The van der Waals surface area contributed by atoms with Gasteiger partial charge in [-0.3, -0.25) is 14.9 Å². The van der Waals surface area contributed by atoms with E-state index >= 15 is 0 Å². The van der Waals surface area contributed by atoms with Crippen molar-refractivity contribution in [3.8, 4) is 11.5 Å². The highest BCUT2D eigenvalue weighted by Gasteiger charge is 2.16. The molecule has 0 unspecified atom stereocenters. The van der Waals surface area contributed by atoms with Crippen molar-refractivity contribution in [3.05, 3.63) is 70.1 Å². The SMILES string of the molecule is Cc1ccc(-c2nnco2)cc1NC(=O)Cc1ccccc1[N+](=O)[O-]. The molecule has 126 valence electrons. The Kier molecular flexibility index (Phi) is 4.51. The van der Waals surface area contributed by atoms with Gasteiger partial charge in [-0.05, 0) is 24.6 Å². The Bertz CT molecular complexity index is 922. The molecule has 0 radical (unpaired) electrons. The first kappa shape index (κ1) is 16.3. The van der Waals surface area contributed by atoms with Crippen molar-refractivity contribution in [2.24, 2.45) is 0 Å². The topological polar surface area (TPSA) is 111 Å². The molecule has 8 nitrogen and oxygen atoms in total. The average Bonchev–Trinajstić information content (AvgIpc) is 3.11. The lowest BCUT2D eigenvalue weighted by Crippen LogP contribution is -2.16. The Labute approximate surface area is 142 Å². The zero-order valence-corrected chi connectivity index (χ0v) is 13.3. The van der Waals surface area contributed by atoms with Crippen LogP contribution >= 0.6 is 0 Å². The van der Waals surface area contributed by atoms with Gasteiger partial charge in [-0.15, -0.1) is 10.2 Å². The molecule has 1 amide bonds. The van der Waals surface area contributed by atoms with Gasteiger partial charge in [-0.25, -0.2) is 0 Å². The first-order chi connectivity index (χ1) is 12.0. The minimum absolute atomic E-state index is 0.0750. The number of hydrogen-bond donors (Lipinski definition) is 1. The number of carbonyl (C=O) groups excluding carboxylic acids is 1. The van der Waals surface area contributed by atoms with Gasteiger partial charge in [0, 0.05) is 22.9 Å². The number of nitro groups is 1. The Morgan fingerprint density at radius 2 is 2.08 bits per heavy atom. The number of anilines is 1. The fourth-order valence-corrected chi connectivity index (χ4v) is 2.39. The summed E-state index contributed by atoms with van der Waals surface area (Å²) in [6.07, 6.45) is 1.13. The number of amides is 1. The van der Waals surface area contributed by atoms with E-state index in [1.54, 1.807) is 30.3 Å². The van der Waals surface area contributed by atoms with E-state index in [1.165, 1.54) is 12.5 Å². The van der Waals surface area contributed by atoms with Crippen molar-refractivity contribution in [1.29, 1.82) is 0 Å². The lowest BCUT2D eigenvalue weighted by atomic mass is 10.1. The quantitative estimate of drug-likeness (QED) is 0.565. The molecule has 3 aromatic rings. The lowest BCUT2D eigenvalue weighted by molar-refractivity contribution is -0.385. The van der Waals surface area contributed by atoms with Gasteiger partial charge in [-0.2, -0.15) is 0 Å². The zero-order valence-electron chi connectivity index (χ0n) is 13.3. The van der Waals surface area contributed by atoms with Crippen molar-refractivity contribution in [1.82, 2.24) is 10.2 Å². The van der Waals surface area contributed by atoms with Crippen LogP contribution < -0.4 is 5.32 Å². The first-order valence-corrected chi connectivity index (χ1v) is 7.44. The van der Waals surface area contributed by atoms with Gasteiger partial charge in [0.25, 0.3) is 5.69 Å². The summed E-state index contributed by atoms with van der Waals surface area (Å²) in [5.74, 6) is -0.00530. The number of nitrogens with zero attached hydrogens (tertiary/aromatic N) is 3. The molecular weight excluding hydrogens is 324 g/mol. The molecule has 1 aromatic heterocycles. The first-order valence-electron chi connectivity index (χ1n) is 7.44. The third-order valence-electron chi connectivity index (χ3n) is 3.66. The molecule has 0 bridgehead atoms. The maximum Gasteiger partial charge on any atom is 0.273 e. The van der Waals surface area contributed by atoms with Crippen molar-refractivity contribution < 1.29 is 14.1 Å². The van der Waals surface area contributed by atoms with Gasteiger partial charge in [-0.1, -0.05) is 24.3 Å². The smallest absolute Gasteiger partial charge is 0.273 e. The fourth-order valence-electron chi connectivity index (χ4n) is 2.39. The Balaban J connectivity index is 1.80. The van der Waals surface area contributed by atoms with E-state index in [0.29, 0.717) is 22.7 Å². The summed E-state index contributed by atoms with van der Waals surface area (Å²) in [4.78, 5) is 22.9. The Morgan fingerprint density at radius 3 is 2.80 bits per heavy atom. The predicted molar refractivity (Wildman–Crippen MR) is 89.9 cm³/mol. The molecule has 0 saturated carbocycles. The molecule has 0 aliphatic rings. The molecule has 0 fully saturated rings. The second-order valence-electron chi connectivity index (χ2n) is 5.38.